The van der Waals surface area contributed by atoms with E-state index in [1.54, 1.807) is 20.8 Å². The number of amides is 10. The van der Waals surface area contributed by atoms with Gasteiger partial charge in [0, 0.05) is 19.4 Å². The van der Waals surface area contributed by atoms with Crippen LogP contribution in [0.15, 0.2) is 4.99 Å². The molecule has 0 unspecified atom stereocenters. The quantitative estimate of drug-likeness (QED) is 0.0117. The van der Waals surface area contributed by atoms with E-state index in [9.17, 15) is 82.1 Å². The fraction of sp³-hybridized carbons (Fsp3) is 0.717. The molecule has 0 rings (SSSR count). The lowest BCUT2D eigenvalue weighted by Gasteiger charge is -2.29. The second kappa shape index (κ2) is 37.0. The van der Waals surface area contributed by atoms with Crippen LogP contribution >= 0.6 is 7.82 Å². The van der Waals surface area contributed by atoms with Gasteiger partial charge in [0.2, 0.25) is 59.1 Å². The Morgan fingerprint density at radius 3 is 1.45 bits per heavy atom. The summed E-state index contributed by atoms with van der Waals surface area (Å²) in [6, 6.07) is -14.7. The van der Waals surface area contributed by atoms with E-state index in [1.165, 1.54) is 20.8 Å². The number of rotatable bonds is 41. The van der Waals surface area contributed by atoms with Crippen LogP contribution in [0, 0.1) is 17.8 Å². The van der Waals surface area contributed by atoms with Crippen LogP contribution < -0.4 is 76.9 Å². The number of nitrogens with zero attached hydrogens (tertiary/aromatic N) is 1. The molecule has 0 aromatic carbocycles. The van der Waals surface area contributed by atoms with Crippen LogP contribution in [0.3, 0.4) is 0 Å². The molecule has 0 aliphatic rings. The third-order valence-electron chi connectivity index (χ3n) is 11.9. The Morgan fingerprint density at radius 1 is 0.550 bits per heavy atom. The number of phosphoric acid groups is 1. The lowest BCUT2D eigenvalue weighted by molar-refractivity contribution is -0.143. The van der Waals surface area contributed by atoms with Crippen LogP contribution in [0.4, 0.5) is 0 Å². The molecule has 0 heterocycles. The van der Waals surface area contributed by atoms with Crippen molar-refractivity contribution >= 4 is 84.8 Å². The Labute approximate surface area is 462 Å². The van der Waals surface area contributed by atoms with E-state index in [-0.39, 0.29) is 63.5 Å². The number of phosphoric ester groups is 1. The molecule has 10 atom stereocenters. The third kappa shape index (κ3) is 30.3. The van der Waals surface area contributed by atoms with Gasteiger partial charge in [-0.25, -0.2) is 9.36 Å². The van der Waals surface area contributed by atoms with E-state index in [0.29, 0.717) is 12.8 Å². The molecule has 0 aliphatic heterocycles. The number of carbonyl (C=O) groups is 12. The average molecular weight is 1170 g/mol. The highest BCUT2D eigenvalue weighted by Gasteiger charge is 2.38. The van der Waals surface area contributed by atoms with Crippen molar-refractivity contribution in [3.63, 3.8) is 0 Å². The molecule has 0 saturated carbocycles. The Bertz CT molecular complexity index is 2210. The first-order valence-electron chi connectivity index (χ1n) is 25.8. The maximum Gasteiger partial charge on any atom is 0.469 e. The summed E-state index contributed by atoms with van der Waals surface area (Å²) in [6.45, 7) is 8.53. The molecule has 33 nitrogen and oxygen atoms in total. The molecular formula is C46H84N15O18P. The maximum absolute atomic E-state index is 14.0. The summed E-state index contributed by atoms with van der Waals surface area (Å²) in [5.41, 5.74) is 32.9. The summed E-state index contributed by atoms with van der Waals surface area (Å²) in [5, 5.41) is 38.1. The minimum atomic E-state index is -5.44. The number of unbranched alkanes of at least 4 members (excludes halogenated alkanes) is 1. The van der Waals surface area contributed by atoms with Crippen LogP contribution in [0.5, 0.6) is 0 Å². The first-order chi connectivity index (χ1) is 37.1. The molecular weight excluding hydrogens is 1080 g/mol. The minimum absolute atomic E-state index is 0.00864. The van der Waals surface area contributed by atoms with E-state index in [2.05, 4.69) is 52.1 Å². The molecule has 0 aliphatic carbocycles. The Morgan fingerprint density at radius 2 is 0.988 bits per heavy atom. The van der Waals surface area contributed by atoms with Crippen LogP contribution in [-0.4, -0.2) is 171 Å². The van der Waals surface area contributed by atoms with Gasteiger partial charge in [0.05, 0.1) is 19.1 Å². The number of guanidine groups is 1. The number of aliphatic imine (C=N–C) groups is 1. The van der Waals surface area contributed by atoms with Gasteiger partial charge in [-0.1, -0.05) is 48.0 Å². The van der Waals surface area contributed by atoms with Gasteiger partial charge in [-0.15, -0.1) is 0 Å². The summed E-state index contributed by atoms with van der Waals surface area (Å²) < 4.78 is 16.4. The molecule has 24 N–H and O–H groups in total. The van der Waals surface area contributed by atoms with Crippen LogP contribution in [0.2, 0.25) is 0 Å². The van der Waals surface area contributed by atoms with Crippen molar-refractivity contribution in [2.45, 2.75) is 173 Å². The molecule has 0 spiro atoms. The Hall–Kier alpha value is -7.06. The number of primary amides is 2. The van der Waals surface area contributed by atoms with Gasteiger partial charge < -0.3 is 96.9 Å². The fourth-order valence-electron chi connectivity index (χ4n) is 7.32. The number of aliphatic carboxylic acids is 2. The van der Waals surface area contributed by atoms with E-state index in [0.717, 1.165) is 0 Å². The molecule has 0 bridgehead atoms. The van der Waals surface area contributed by atoms with Gasteiger partial charge in [-0.3, -0.25) is 62.3 Å². The van der Waals surface area contributed by atoms with E-state index >= 15 is 0 Å². The van der Waals surface area contributed by atoms with Crippen molar-refractivity contribution in [2.24, 2.45) is 57.1 Å². The fourth-order valence-corrected chi connectivity index (χ4v) is 7.66. The third-order valence-corrected chi connectivity index (χ3v) is 12.4. The molecule has 0 fully saturated rings. The standard InChI is InChI=1S/C46H84N15O18P/c1-7-24(6)36(61-40(69)28(14-16-33(50)63)54-37(66)25(48)11-10-18-53-46(51)52)44(73)59-31(21-79-80(76,77)78)42(71)55-27(13-15-32(49)62)39(68)57-29(20-34(64)65)41(70)60-35(23(4)5)43(72)56-26(12-8-9-17-47)38(67)58-30(45(74)75)19-22(2)3/h22-31,35-36H,7-21,47-48H2,1-6H3,(H2,49,62)(H2,50,63)(H,54,66)(H,55,71)(H,56,72)(H,57,68)(H,58,67)(H,59,73)(H,60,70)(H,61,69)(H,64,65)(H,74,75)(H4,51,52,53)(H2,76,77,78)/t24-,25-,26-,27-,28-,29-,30-,31-,35-,36-/m0/s1. The highest BCUT2D eigenvalue weighted by atomic mass is 31.2. The molecule has 0 saturated heterocycles. The summed E-state index contributed by atoms with van der Waals surface area (Å²) in [7, 11) is -5.44. The number of nitrogens with two attached hydrogens (primary N) is 6. The first kappa shape index (κ1) is 72.9. The van der Waals surface area contributed by atoms with E-state index in [4.69, 9.17) is 34.4 Å². The number of hydrogen-bond acceptors (Lipinski definition) is 17. The SMILES string of the molecule is CC[C@H](C)[C@H](NC(=O)[C@H](CCC(N)=O)NC(=O)[C@@H](N)CCCN=C(N)N)C(=O)N[C@@H](COP(=O)(O)O)C(=O)N[C@@H](CCC(N)=O)C(=O)N[C@@H](CC(=O)O)C(=O)N[C@H](C(=O)N[C@@H](CCCCN)C(=O)N[C@@H](CC(C)C)C(=O)O)C(C)C. The molecule has 34 heteroatoms. The molecule has 456 valence electrons. The predicted octanol–water partition coefficient (Wildman–Crippen LogP) is -5.68. The average Bonchev–Trinajstić information content (AvgIpc) is 3.34. The number of carboxylic acid groups (broad SMARTS) is 2. The van der Waals surface area contributed by atoms with Crippen molar-refractivity contribution < 1.29 is 86.6 Å². The van der Waals surface area contributed by atoms with E-state index < -0.39 is 177 Å². The molecule has 0 aromatic rings. The summed E-state index contributed by atoms with van der Waals surface area (Å²) in [4.78, 5) is 181. The van der Waals surface area contributed by atoms with Gasteiger partial charge in [0.25, 0.3) is 0 Å². The molecule has 0 aromatic heterocycles. The Balaban J connectivity index is 6.92. The number of carbonyl (C=O) groups excluding carboxylic acids is 10. The highest BCUT2D eigenvalue weighted by molar-refractivity contribution is 7.46. The lowest BCUT2D eigenvalue weighted by atomic mass is 9.97. The molecule has 10 amide bonds. The highest BCUT2D eigenvalue weighted by Crippen LogP contribution is 2.35. The summed E-state index contributed by atoms with van der Waals surface area (Å²) in [5.74, 6) is -15.8. The first-order valence-corrected chi connectivity index (χ1v) is 27.3. The van der Waals surface area contributed by atoms with Crippen LogP contribution in [-0.2, 0) is 66.6 Å². The van der Waals surface area contributed by atoms with Crippen molar-refractivity contribution in [3.05, 3.63) is 0 Å². The number of hydrogen-bond donors (Lipinski definition) is 18. The van der Waals surface area contributed by atoms with Gasteiger partial charge in [-0.05, 0) is 75.7 Å². The largest absolute Gasteiger partial charge is 0.481 e. The molecule has 0 radical (unpaired) electrons. The number of carboxylic acids is 2. The predicted molar refractivity (Wildman–Crippen MR) is 285 cm³/mol. The van der Waals surface area contributed by atoms with Gasteiger partial charge >= 0.3 is 19.8 Å². The van der Waals surface area contributed by atoms with Crippen LogP contribution in [0.25, 0.3) is 0 Å². The lowest BCUT2D eigenvalue weighted by Crippen LogP contribution is -2.62. The van der Waals surface area contributed by atoms with Gasteiger partial charge in [0.1, 0.15) is 48.3 Å². The van der Waals surface area contributed by atoms with Gasteiger partial charge in [-0.2, -0.15) is 0 Å². The summed E-state index contributed by atoms with van der Waals surface area (Å²) >= 11 is 0. The second-order valence-electron chi connectivity index (χ2n) is 19.7. The molecule has 80 heavy (non-hydrogen) atoms. The zero-order valence-corrected chi connectivity index (χ0v) is 46.8. The van der Waals surface area contributed by atoms with Crippen molar-refractivity contribution in [3.8, 4) is 0 Å². The smallest absolute Gasteiger partial charge is 0.469 e. The summed E-state index contributed by atoms with van der Waals surface area (Å²) in [6.07, 6.45) is -2.09. The normalized spacial score (nSPS) is 15.1. The van der Waals surface area contributed by atoms with Crippen molar-refractivity contribution in [1.82, 2.24) is 42.5 Å². The zero-order valence-electron chi connectivity index (χ0n) is 45.9. The van der Waals surface area contributed by atoms with Crippen molar-refractivity contribution in [1.29, 1.82) is 0 Å². The minimum Gasteiger partial charge on any atom is -0.481 e. The van der Waals surface area contributed by atoms with Crippen molar-refractivity contribution in [2.75, 3.05) is 19.7 Å². The van der Waals surface area contributed by atoms with Crippen LogP contribution in [0.1, 0.15) is 119 Å². The topological polar surface area (TPSA) is 577 Å². The maximum atomic E-state index is 14.0. The van der Waals surface area contributed by atoms with E-state index in [1.807, 2.05) is 0 Å². The second-order valence-corrected chi connectivity index (χ2v) is 20.9. The zero-order chi connectivity index (χ0) is 61.6. The monoisotopic (exact) mass is 1170 g/mol. The van der Waals surface area contributed by atoms with Gasteiger partial charge in [0.15, 0.2) is 5.96 Å². The number of nitrogens with one attached hydrogen (secondary N) is 8. The Kier molecular flexibility index (Phi) is 33.7.